The standard InChI is InChI=1S/C14H15ClN2O/c1-14(10-16)5-7-17(8-6-14)13(18)11-3-2-4-12(15)9-11/h2-4,9H,5-8H2,1H3. The van der Waals surface area contributed by atoms with Gasteiger partial charge in [-0.3, -0.25) is 4.79 Å². The van der Waals surface area contributed by atoms with Crippen LogP contribution in [0.1, 0.15) is 30.1 Å². The molecule has 0 saturated carbocycles. The van der Waals surface area contributed by atoms with E-state index in [2.05, 4.69) is 6.07 Å². The van der Waals surface area contributed by atoms with Crippen LogP contribution in [0.15, 0.2) is 24.3 Å². The number of hydrogen-bond acceptors (Lipinski definition) is 2. The third kappa shape index (κ3) is 2.65. The molecular formula is C14H15ClN2O. The van der Waals surface area contributed by atoms with Gasteiger partial charge in [0.1, 0.15) is 0 Å². The molecule has 3 nitrogen and oxygen atoms in total. The van der Waals surface area contributed by atoms with Crippen molar-refractivity contribution in [3.8, 4) is 6.07 Å². The van der Waals surface area contributed by atoms with Crippen molar-refractivity contribution in [2.75, 3.05) is 13.1 Å². The second-order valence-corrected chi connectivity index (χ2v) is 5.41. The summed E-state index contributed by atoms with van der Waals surface area (Å²) in [5.41, 5.74) is 0.327. The average Bonchev–Trinajstić information content (AvgIpc) is 2.39. The predicted molar refractivity (Wildman–Crippen MR) is 70.3 cm³/mol. The Balaban J connectivity index is 2.07. The highest BCUT2D eigenvalue weighted by Gasteiger charge is 2.32. The van der Waals surface area contributed by atoms with Crippen LogP contribution in [-0.4, -0.2) is 23.9 Å². The Morgan fingerprint density at radius 1 is 1.44 bits per heavy atom. The second kappa shape index (κ2) is 4.99. The van der Waals surface area contributed by atoms with E-state index in [-0.39, 0.29) is 11.3 Å². The molecule has 1 aromatic rings. The summed E-state index contributed by atoms with van der Waals surface area (Å²) in [7, 11) is 0. The quantitative estimate of drug-likeness (QED) is 0.781. The number of nitrogens with zero attached hydrogens (tertiary/aromatic N) is 2. The summed E-state index contributed by atoms with van der Waals surface area (Å²) in [6.07, 6.45) is 1.46. The summed E-state index contributed by atoms with van der Waals surface area (Å²) in [5.74, 6) is -0.00232. The number of rotatable bonds is 1. The van der Waals surface area contributed by atoms with Crippen molar-refractivity contribution in [1.82, 2.24) is 4.90 Å². The van der Waals surface area contributed by atoms with E-state index in [1.807, 2.05) is 6.92 Å². The molecule has 1 saturated heterocycles. The Morgan fingerprint density at radius 2 is 2.11 bits per heavy atom. The highest BCUT2D eigenvalue weighted by molar-refractivity contribution is 6.30. The molecule has 4 heteroatoms. The van der Waals surface area contributed by atoms with Crippen LogP contribution in [0.3, 0.4) is 0 Å². The highest BCUT2D eigenvalue weighted by atomic mass is 35.5. The summed E-state index contributed by atoms with van der Waals surface area (Å²) in [6, 6.07) is 9.31. The molecule has 1 heterocycles. The molecule has 1 fully saturated rings. The van der Waals surface area contributed by atoms with Gasteiger partial charge in [0.05, 0.1) is 11.5 Å². The van der Waals surface area contributed by atoms with Crippen molar-refractivity contribution < 1.29 is 4.79 Å². The summed E-state index contributed by atoms with van der Waals surface area (Å²) < 4.78 is 0. The fraction of sp³-hybridized carbons (Fsp3) is 0.429. The minimum atomic E-state index is -0.287. The summed E-state index contributed by atoms with van der Waals surface area (Å²) in [5, 5.41) is 9.63. The Hall–Kier alpha value is -1.53. The molecule has 1 aliphatic heterocycles. The monoisotopic (exact) mass is 262 g/mol. The molecule has 0 N–H and O–H groups in total. The maximum atomic E-state index is 12.2. The number of likely N-dealkylation sites (tertiary alicyclic amines) is 1. The summed E-state index contributed by atoms with van der Waals surface area (Å²) in [4.78, 5) is 14.0. The van der Waals surface area contributed by atoms with Gasteiger partial charge in [0.15, 0.2) is 0 Å². The van der Waals surface area contributed by atoms with Crippen molar-refractivity contribution in [3.05, 3.63) is 34.9 Å². The predicted octanol–water partition coefficient (Wildman–Crippen LogP) is 3.11. The van der Waals surface area contributed by atoms with Crippen LogP contribution < -0.4 is 0 Å². The Morgan fingerprint density at radius 3 is 2.67 bits per heavy atom. The van der Waals surface area contributed by atoms with E-state index in [0.717, 1.165) is 12.8 Å². The normalized spacial score (nSPS) is 18.2. The van der Waals surface area contributed by atoms with E-state index in [0.29, 0.717) is 23.7 Å². The largest absolute Gasteiger partial charge is 0.339 e. The summed E-state index contributed by atoms with van der Waals surface area (Å²) >= 11 is 5.88. The van der Waals surface area contributed by atoms with Gasteiger partial charge in [-0.05, 0) is 38.0 Å². The molecule has 0 bridgehead atoms. The molecule has 18 heavy (non-hydrogen) atoms. The van der Waals surface area contributed by atoms with Crippen LogP contribution in [0, 0.1) is 16.7 Å². The number of carbonyl (C=O) groups is 1. The third-order valence-electron chi connectivity index (χ3n) is 3.50. The summed E-state index contributed by atoms with van der Waals surface area (Å²) in [6.45, 7) is 3.22. The number of benzene rings is 1. The van der Waals surface area contributed by atoms with E-state index in [1.54, 1.807) is 29.2 Å². The zero-order valence-electron chi connectivity index (χ0n) is 10.3. The van der Waals surface area contributed by atoms with Crippen LogP contribution in [-0.2, 0) is 0 Å². The fourth-order valence-electron chi connectivity index (χ4n) is 2.12. The van der Waals surface area contributed by atoms with Crippen molar-refractivity contribution in [2.24, 2.45) is 5.41 Å². The number of amides is 1. The zero-order chi connectivity index (χ0) is 13.2. The number of piperidine rings is 1. The molecule has 2 rings (SSSR count). The molecule has 0 aliphatic carbocycles. The Bertz CT molecular complexity index is 499. The van der Waals surface area contributed by atoms with Crippen molar-refractivity contribution in [1.29, 1.82) is 5.26 Å². The first kappa shape index (κ1) is 12.9. The van der Waals surface area contributed by atoms with Crippen LogP contribution in [0.4, 0.5) is 0 Å². The maximum absolute atomic E-state index is 12.2. The van der Waals surface area contributed by atoms with Gasteiger partial charge in [0.25, 0.3) is 5.91 Å². The lowest BCUT2D eigenvalue weighted by molar-refractivity contribution is 0.0661. The molecule has 0 atom stereocenters. The lowest BCUT2D eigenvalue weighted by atomic mass is 9.82. The molecule has 0 spiro atoms. The first-order valence-corrected chi connectivity index (χ1v) is 6.38. The van der Waals surface area contributed by atoms with Crippen molar-refractivity contribution in [2.45, 2.75) is 19.8 Å². The van der Waals surface area contributed by atoms with Crippen LogP contribution in [0.2, 0.25) is 5.02 Å². The SMILES string of the molecule is CC1(C#N)CCN(C(=O)c2cccc(Cl)c2)CC1. The molecule has 1 aliphatic rings. The molecule has 0 aromatic heterocycles. The molecule has 1 amide bonds. The second-order valence-electron chi connectivity index (χ2n) is 4.98. The topological polar surface area (TPSA) is 44.1 Å². The Kier molecular flexibility index (Phi) is 3.58. The van der Waals surface area contributed by atoms with Gasteiger partial charge in [-0.25, -0.2) is 0 Å². The molecule has 0 unspecified atom stereocenters. The minimum Gasteiger partial charge on any atom is -0.339 e. The zero-order valence-corrected chi connectivity index (χ0v) is 11.1. The number of hydrogen-bond donors (Lipinski definition) is 0. The number of nitriles is 1. The van der Waals surface area contributed by atoms with Gasteiger partial charge in [-0.2, -0.15) is 5.26 Å². The van der Waals surface area contributed by atoms with Gasteiger partial charge in [0.2, 0.25) is 0 Å². The van der Waals surface area contributed by atoms with E-state index in [1.165, 1.54) is 0 Å². The van der Waals surface area contributed by atoms with Gasteiger partial charge >= 0.3 is 0 Å². The van der Waals surface area contributed by atoms with Gasteiger partial charge in [0, 0.05) is 23.7 Å². The first-order valence-electron chi connectivity index (χ1n) is 6.00. The van der Waals surface area contributed by atoms with E-state index in [9.17, 15) is 4.79 Å². The Labute approximate surface area is 112 Å². The average molecular weight is 263 g/mol. The van der Waals surface area contributed by atoms with Crippen molar-refractivity contribution >= 4 is 17.5 Å². The van der Waals surface area contributed by atoms with Gasteiger partial charge in [-0.15, -0.1) is 0 Å². The third-order valence-corrected chi connectivity index (χ3v) is 3.73. The lowest BCUT2D eigenvalue weighted by Crippen LogP contribution is -2.41. The van der Waals surface area contributed by atoms with Gasteiger partial charge in [-0.1, -0.05) is 17.7 Å². The van der Waals surface area contributed by atoms with Crippen LogP contribution >= 0.6 is 11.6 Å². The molecule has 94 valence electrons. The molecule has 0 radical (unpaired) electrons. The fourth-order valence-corrected chi connectivity index (χ4v) is 2.31. The van der Waals surface area contributed by atoms with E-state index in [4.69, 9.17) is 16.9 Å². The maximum Gasteiger partial charge on any atom is 0.253 e. The lowest BCUT2D eigenvalue weighted by Gasteiger charge is -2.35. The van der Waals surface area contributed by atoms with Crippen LogP contribution in [0.25, 0.3) is 0 Å². The first-order chi connectivity index (χ1) is 8.54. The van der Waals surface area contributed by atoms with E-state index < -0.39 is 0 Å². The van der Waals surface area contributed by atoms with Gasteiger partial charge < -0.3 is 4.90 Å². The molecular weight excluding hydrogens is 248 g/mol. The number of halogens is 1. The van der Waals surface area contributed by atoms with Crippen molar-refractivity contribution in [3.63, 3.8) is 0 Å². The number of carbonyl (C=O) groups excluding carboxylic acids is 1. The smallest absolute Gasteiger partial charge is 0.253 e. The van der Waals surface area contributed by atoms with E-state index >= 15 is 0 Å². The highest BCUT2D eigenvalue weighted by Crippen LogP contribution is 2.30. The van der Waals surface area contributed by atoms with Crippen LogP contribution in [0.5, 0.6) is 0 Å². The minimum absolute atomic E-state index is 0.00232. The molecule has 1 aromatic carbocycles.